The first kappa shape index (κ1) is 17.3. The lowest BCUT2D eigenvalue weighted by Gasteiger charge is -2.09. The molecule has 0 aliphatic heterocycles. The smallest absolute Gasteiger partial charge is 0.374 e. The minimum atomic E-state index is -0.615. The summed E-state index contributed by atoms with van der Waals surface area (Å²) in [5, 5.41) is 0. The summed E-state index contributed by atoms with van der Waals surface area (Å²) in [7, 11) is 1.25. The van der Waals surface area contributed by atoms with Crippen LogP contribution in [0.4, 0.5) is 0 Å². The van der Waals surface area contributed by atoms with Crippen molar-refractivity contribution in [2.75, 3.05) is 7.11 Å². The highest BCUT2D eigenvalue weighted by Crippen LogP contribution is 2.28. The molecule has 0 aliphatic carbocycles. The van der Waals surface area contributed by atoms with E-state index in [1.165, 1.54) is 19.2 Å². The topological polar surface area (TPSA) is 75.0 Å². The normalized spacial score (nSPS) is 10.2. The molecule has 132 valence electrons. The fourth-order valence-corrected chi connectivity index (χ4v) is 2.22. The molecule has 0 bridgehead atoms. The quantitative estimate of drug-likeness (QED) is 0.619. The molecule has 0 spiro atoms. The lowest BCUT2D eigenvalue weighted by molar-refractivity contribution is 0.0467. The Balaban J connectivity index is 1.72. The number of hydrogen-bond acceptors (Lipinski definition) is 6. The zero-order valence-electron chi connectivity index (χ0n) is 14.0. The number of hydrogen-bond donors (Lipinski definition) is 0. The Morgan fingerprint density at radius 3 is 2.38 bits per heavy atom. The van der Waals surface area contributed by atoms with Crippen molar-refractivity contribution in [3.8, 4) is 11.7 Å². The number of ether oxygens (including phenoxy) is 3. The molecule has 3 aromatic rings. The van der Waals surface area contributed by atoms with Crippen LogP contribution in [0.2, 0.25) is 0 Å². The second-order valence-corrected chi connectivity index (χ2v) is 5.27. The van der Waals surface area contributed by atoms with Crippen LogP contribution in [-0.2, 0) is 16.1 Å². The SMILES string of the molecule is COC(=O)c1ccc(Oc2ccccc2C(=O)OCc2ccccc2)o1. The van der Waals surface area contributed by atoms with Crippen LogP contribution in [-0.4, -0.2) is 19.0 Å². The Morgan fingerprint density at radius 2 is 1.62 bits per heavy atom. The minimum absolute atomic E-state index is 0.00614. The third-order valence-corrected chi connectivity index (χ3v) is 3.50. The van der Waals surface area contributed by atoms with E-state index in [0.717, 1.165) is 5.56 Å². The van der Waals surface area contributed by atoms with Gasteiger partial charge in [-0.3, -0.25) is 0 Å². The summed E-state index contributed by atoms with van der Waals surface area (Å²) in [5.74, 6) is -0.809. The van der Waals surface area contributed by atoms with Gasteiger partial charge < -0.3 is 18.6 Å². The van der Waals surface area contributed by atoms with Gasteiger partial charge in [0.25, 0.3) is 5.95 Å². The molecule has 0 aliphatic rings. The van der Waals surface area contributed by atoms with Gasteiger partial charge in [-0.2, -0.15) is 0 Å². The zero-order chi connectivity index (χ0) is 18.4. The lowest BCUT2D eigenvalue weighted by atomic mass is 10.2. The van der Waals surface area contributed by atoms with E-state index >= 15 is 0 Å². The van der Waals surface area contributed by atoms with E-state index in [1.807, 2.05) is 30.3 Å². The molecule has 0 saturated heterocycles. The summed E-state index contributed by atoms with van der Waals surface area (Å²) in [6, 6.07) is 18.9. The Bertz CT molecular complexity index is 897. The summed E-state index contributed by atoms with van der Waals surface area (Å²) in [6.45, 7) is 0.154. The van der Waals surface area contributed by atoms with Crippen molar-refractivity contribution in [2.24, 2.45) is 0 Å². The van der Waals surface area contributed by atoms with Crippen LogP contribution in [0.15, 0.2) is 71.1 Å². The Labute approximate surface area is 149 Å². The Morgan fingerprint density at radius 1 is 0.885 bits per heavy atom. The maximum Gasteiger partial charge on any atom is 0.374 e. The van der Waals surface area contributed by atoms with E-state index in [1.54, 1.807) is 24.3 Å². The van der Waals surface area contributed by atoms with Gasteiger partial charge in [-0.1, -0.05) is 42.5 Å². The van der Waals surface area contributed by atoms with Gasteiger partial charge in [-0.05, 0) is 23.8 Å². The number of methoxy groups -OCH3 is 1. The zero-order valence-corrected chi connectivity index (χ0v) is 14.0. The number of rotatable bonds is 6. The van der Waals surface area contributed by atoms with Crippen molar-refractivity contribution in [1.29, 1.82) is 0 Å². The molecule has 0 amide bonds. The van der Waals surface area contributed by atoms with Crippen LogP contribution in [0.5, 0.6) is 11.7 Å². The number of carbonyl (C=O) groups is 2. The van der Waals surface area contributed by atoms with E-state index in [4.69, 9.17) is 13.9 Å². The van der Waals surface area contributed by atoms with E-state index < -0.39 is 11.9 Å². The molecule has 3 rings (SSSR count). The van der Waals surface area contributed by atoms with Gasteiger partial charge in [0.05, 0.1) is 7.11 Å². The van der Waals surface area contributed by atoms with Crippen LogP contribution in [0.3, 0.4) is 0 Å². The van der Waals surface area contributed by atoms with E-state index in [0.29, 0.717) is 0 Å². The second-order valence-electron chi connectivity index (χ2n) is 5.27. The third-order valence-electron chi connectivity index (χ3n) is 3.50. The number of benzene rings is 2. The first-order chi connectivity index (χ1) is 12.7. The molecule has 0 atom stereocenters. The summed E-state index contributed by atoms with van der Waals surface area (Å²) in [4.78, 5) is 23.8. The highest BCUT2D eigenvalue weighted by Gasteiger charge is 2.17. The Kier molecular flexibility index (Phi) is 5.34. The van der Waals surface area contributed by atoms with Crippen molar-refractivity contribution in [1.82, 2.24) is 0 Å². The molecule has 0 saturated carbocycles. The van der Waals surface area contributed by atoms with Crippen molar-refractivity contribution in [3.63, 3.8) is 0 Å². The summed E-state index contributed by atoms with van der Waals surface area (Å²) < 4.78 is 20.7. The molecular formula is C20H16O6. The highest BCUT2D eigenvalue weighted by atomic mass is 16.6. The first-order valence-corrected chi connectivity index (χ1v) is 7.83. The van der Waals surface area contributed by atoms with Crippen molar-refractivity contribution in [2.45, 2.75) is 6.61 Å². The molecule has 0 radical (unpaired) electrons. The van der Waals surface area contributed by atoms with Gasteiger partial charge in [-0.15, -0.1) is 0 Å². The van der Waals surface area contributed by atoms with Gasteiger partial charge >= 0.3 is 11.9 Å². The number of esters is 2. The molecule has 0 unspecified atom stereocenters. The summed E-state index contributed by atoms with van der Waals surface area (Å²) in [6.07, 6.45) is 0. The average Bonchev–Trinajstić information content (AvgIpc) is 3.15. The van der Waals surface area contributed by atoms with Crippen LogP contribution in [0.1, 0.15) is 26.5 Å². The standard InChI is InChI=1S/C20H16O6/c1-23-20(22)17-11-12-18(26-17)25-16-10-6-5-9-15(16)19(21)24-13-14-7-3-2-4-8-14/h2-12H,13H2,1H3. The Hall–Kier alpha value is -3.54. The third kappa shape index (κ3) is 4.10. The first-order valence-electron chi connectivity index (χ1n) is 7.83. The summed E-state index contributed by atoms with van der Waals surface area (Å²) >= 11 is 0. The fraction of sp³-hybridized carbons (Fsp3) is 0.100. The van der Waals surface area contributed by atoms with Crippen molar-refractivity contribution >= 4 is 11.9 Å². The maximum absolute atomic E-state index is 12.4. The maximum atomic E-state index is 12.4. The van der Waals surface area contributed by atoms with Gasteiger partial charge in [0.15, 0.2) is 0 Å². The lowest BCUT2D eigenvalue weighted by Crippen LogP contribution is -2.06. The summed E-state index contributed by atoms with van der Waals surface area (Å²) in [5.41, 5.74) is 1.13. The van der Waals surface area contributed by atoms with Gasteiger partial charge in [-0.25, -0.2) is 9.59 Å². The molecule has 0 N–H and O–H groups in total. The molecule has 1 heterocycles. The number of furan rings is 1. The van der Waals surface area contributed by atoms with Gasteiger partial charge in [0, 0.05) is 6.07 Å². The van der Waals surface area contributed by atoms with E-state index in [2.05, 4.69) is 4.74 Å². The predicted molar refractivity (Wildman–Crippen MR) is 92.1 cm³/mol. The average molecular weight is 352 g/mol. The molecule has 1 aromatic heterocycles. The number of carbonyl (C=O) groups excluding carboxylic acids is 2. The molecule has 26 heavy (non-hydrogen) atoms. The van der Waals surface area contributed by atoms with E-state index in [9.17, 15) is 9.59 Å². The molecule has 0 fully saturated rings. The monoisotopic (exact) mass is 352 g/mol. The van der Waals surface area contributed by atoms with Crippen LogP contribution in [0, 0.1) is 0 Å². The second kappa shape index (κ2) is 8.02. The molecule has 6 heteroatoms. The van der Waals surface area contributed by atoms with Crippen LogP contribution < -0.4 is 4.74 Å². The molecular weight excluding hydrogens is 336 g/mol. The molecule has 2 aromatic carbocycles. The molecule has 6 nitrogen and oxygen atoms in total. The predicted octanol–water partition coefficient (Wildman–Crippen LogP) is 4.22. The van der Waals surface area contributed by atoms with Gasteiger partial charge in [0.1, 0.15) is 17.9 Å². The van der Waals surface area contributed by atoms with Crippen molar-refractivity contribution in [3.05, 3.63) is 83.6 Å². The largest absolute Gasteiger partial charge is 0.463 e. The van der Waals surface area contributed by atoms with E-state index in [-0.39, 0.29) is 29.6 Å². The van der Waals surface area contributed by atoms with Crippen LogP contribution in [0.25, 0.3) is 0 Å². The fourth-order valence-electron chi connectivity index (χ4n) is 2.22. The highest BCUT2D eigenvalue weighted by molar-refractivity contribution is 5.92. The minimum Gasteiger partial charge on any atom is -0.463 e. The van der Waals surface area contributed by atoms with Crippen molar-refractivity contribution < 1.29 is 28.2 Å². The number of para-hydroxylation sites is 1. The van der Waals surface area contributed by atoms with Crippen LogP contribution >= 0.6 is 0 Å². The van der Waals surface area contributed by atoms with Gasteiger partial charge in [0.2, 0.25) is 5.76 Å².